The van der Waals surface area contributed by atoms with Gasteiger partial charge in [0.2, 0.25) is 0 Å². The van der Waals surface area contributed by atoms with Gasteiger partial charge < -0.3 is 24.9 Å². The number of carboxylic acid groups (broad SMARTS) is 1. The van der Waals surface area contributed by atoms with Gasteiger partial charge in [0.25, 0.3) is 10.0 Å². The SMILES string of the molecule is Cc1nn(S(=O)(=O)c2ccccc2)c2ncc(-c3cc(OC[C@@H](Cc4c[nH]c5ccccc45)NC(=O)OC(C)(C)C)c(NC(=O)O)nc3Cl)nc12. The summed E-state index contributed by atoms with van der Waals surface area (Å²) in [5, 5.41) is 19.6. The van der Waals surface area contributed by atoms with E-state index in [0.717, 1.165) is 20.6 Å². The van der Waals surface area contributed by atoms with Crippen LogP contribution in [0.5, 0.6) is 5.75 Å². The number of hydrogen-bond acceptors (Lipinski definition) is 10. The quantitative estimate of drug-likeness (QED) is 0.117. The number of benzene rings is 2. The molecule has 4 aromatic heterocycles. The van der Waals surface area contributed by atoms with Crippen molar-refractivity contribution in [2.45, 2.75) is 50.7 Å². The van der Waals surface area contributed by atoms with E-state index in [1.807, 2.05) is 30.5 Å². The summed E-state index contributed by atoms with van der Waals surface area (Å²) in [6.07, 6.45) is 1.40. The van der Waals surface area contributed by atoms with Crippen molar-refractivity contribution in [1.82, 2.24) is 34.4 Å². The molecule has 1 atom stereocenters. The second kappa shape index (κ2) is 13.9. The Morgan fingerprint density at radius 3 is 2.53 bits per heavy atom. The van der Waals surface area contributed by atoms with E-state index in [2.05, 4.69) is 35.7 Å². The summed E-state index contributed by atoms with van der Waals surface area (Å²) in [6.45, 7) is 6.70. The molecule has 0 fully saturated rings. The van der Waals surface area contributed by atoms with Crippen LogP contribution in [0.1, 0.15) is 32.0 Å². The molecule has 0 radical (unpaired) electrons. The third-order valence-electron chi connectivity index (χ3n) is 7.53. The van der Waals surface area contributed by atoms with E-state index in [0.29, 0.717) is 6.42 Å². The number of H-pyrrole nitrogens is 1. The maximum Gasteiger partial charge on any atom is 0.410 e. The molecule has 17 heteroatoms. The molecule has 0 aliphatic carbocycles. The molecule has 0 bridgehead atoms. The van der Waals surface area contributed by atoms with Crippen LogP contribution in [-0.4, -0.2) is 73.1 Å². The predicted molar refractivity (Wildman–Crippen MR) is 190 cm³/mol. The van der Waals surface area contributed by atoms with Gasteiger partial charge in [0, 0.05) is 22.7 Å². The Morgan fingerprint density at radius 1 is 1.08 bits per heavy atom. The third-order valence-corrected chi connectivity index (χ3v) is 9.40. The van der Waals surface area contributed by atoms with E-state index in [-0.39, 0.29) is 56.3 Å². The van der Waals surface area contributed by atoms with Crippen LogP contribution in [0.25, 0.3) is 33.3 Å². The van der Waals surface area contributed by atoms with Crippen molar-refractivity contribution in [3.8, 4) is 17.0 Å². The Balaban J connectivity index is 1.34. The number of carbonyl (C=O) groups is 2. The Hall–Kier alpha value is -5.74. The van der Waals surface area contributed by atoms with Crippen LogP contribution in [0, 0.1) is 6.92 Å². The molecule has 0 saturated carbocycles. The van der Waals surface area contributed by atoms with Crippen LogP contribution < -0.4 is 15.4 Å². The zero-order valence-electron chi connectivity index (χ0n) is 27.8. The van der Waals surface area contributed by atoms with Crippen LogP contribution >= 0.6 is 11.6 Å². The Bertz CT molecular complexity index is 2370. The molecular weight excluding hydrogens is 700 g/mol. The molecule has 2 amide bonds. The molecule has 4 heterocycles. The number of aromatic nitrogens is 6. The van der Waals surface area contributed by atoms with E-state index in [9.17, 15) is 23.1 Å². The molecule has 15 nitrogen and oxygen atoms in total. The van der Waals surface area contributed by atoms with Crippen molar-refractivity contribution in [3.05, 3.63) is 89.5 Å². The Labute approximate surface area is 297 Å². The average molecular weight is 733 g/mol. The second-order valence-electron chi connectivity index (χ2n) is 12.5. The van der Waals surface area contributed by atoms with E-state index >= 15 is 0 Å². The van der Waals surface area contributed by atoms with Crippen molar-refractivity contribution in [3.63, 3.8) is 0 Å². The maximum absolute atomic E-state index is 13.4. The number of hydrogen-bond donors (Lipinski definition) is 4. The van der Waals surface area contributed by atoms with Crippen LogP contribution in [0.2, 0.25) is 5.15 Å². The van der Waals surface area contributed by atoms with Gasteiger partial charge in [-0.1, -0.05) is 48.0 Å². The van der Waals surface area contributed by atoms with Gasteiger partial charge in [-0.25, -0.2) is 24.5 Å². The molecule has 4 N–H and O–H groups in total. The molecule has 0 spiro atoms. The number of para-hydroxylation sites is 1. The number of nitrogens with zero attached hydrogens (tertiary/aromatic N) is 5. The van der Waals surface area contributed by atoms with Crippen molar-refractivity contribution in [2.24, 2.45) is 0 Å². The number of pyridine rings is 1. The third kappa shape index (κ3) is 7.71. The van der Waals surface area contributed by atoms with Gasteiger partial charge in [-0.3, -0.25) is 5.32 Å². The lowest BCUT2D eigenvalue weighted by molar-refractivity contribution is 0.0488. The van der Waals surface area contributed by atoms with Crippen molar-refractivity contribution >= 4 is 61.7 Å². The fraction of sp³-hybridized carbons (Fsp3) is 0.235. The molecule has 0 saturated heterocycles. The minimum absolute atomic E-state index is 0.00170. The summed E-state index contributed by atoms with van der Waals surface area (Å²) in [5.74, 6) is -0.223. The summed E-state index contributed by atoms with van der Waals surface area (Å²) in [7, 11) is -4.08. The first-order valence-electron chi connectivity index (χ1n) is 15.6. The fourth-order valence-corrected chi connectivity index (χ4v) is 6.85. The normalized spacial score (nSPS) is 12.5. The number of aromatic amines is 1. The summed E-state index contributed by atoms with van der Waals surface area (Å²) in [5.41, 5.74) is 1.95. The highest BCUT2D eigenvalue weighted by molar-refractivity contribution is 7.90. The number of carbonyl (C=O) groups excluding carboxylic acids is 1. The number of amides is 2. The molecule has 6 rings (SSSR count). The van der Waals surface area contributed by atoms with Crippen LogP contribution in [-0.2, 0) is 21.2 Å². The van der Waals surface area contributed by atoms with Gasteiger partial charge in [0.1, 0.15) is 22.9 Å². The molecule has 0 aliphatic heterocycles. The van der Waals surface area contributed by atoms with Crippen molar-refractivity contribution in [1.29, 1.82) is 0 Å². The highest BCUT2D eigenvalue weighted by Crippen LogP contribution is 2.35. The van der Waals surface area contributed by atoms with Crippen molar-refractivity contribution < 1.29 is 32.6 Å². The van der Waals surface area contributed by atoms with Gasteiger partial charge in [-0.15, -0.1) is 4.09 Å². The number of anilines is 1. The van der Waals surface area contributed by atoms with E-state index in [1.54, 1.807) is 45.9 Å². The zero-order chi connectivity index (χ0) is 36.5. The molecular formula is C34H33ClN8O7S. The number of rotatable bonds is 10. The molecule has 0 aliphatic rings. The Kier molecular flexibility index (Phi) is 9.55. The number of ether oxygens (including phenoxy) is 2. The lowest BCUT2D eigenvalue weighted by Crippen LogP contribution is -2.43. The van der Waals surface area contributed by atoms with E-state index < -0.39 is 33.9 Å². The minimum atomic E-state index is -4.08. The summed E-state index contributed by atoms with van der Waals surface area (Å²) in [6, 6.07) is 16.3. The monoisotopic (exact) mass is 732 g/mol. The highest BCUT2D eigenvalue weighted by atomic mass is 35.5. The smallest absolute Gasteiger partial charge is 0.410 e. The number of fused-ring (bicyclic) bond motifs is 2. The minimum Gasteiger partial charge on any atom is -0.488 e. The number of alkyl carbamates (subject to hydrolysis) is 1. The predicted octanol–water partition coefficient (Wildman–Crippen LogP) is 6.17. The van der Waals surface area contributed by atoms with Crippen LogP contribution in [0.15, 0.2) is 78.0 Å². The summed E-state index contributed by atoms with van der Waals surface area (Å²) < 4.78 is 39.2. The first-order chi connectivity index (χ1) is 24.2. The summed E-state index contributed by atoms with van der Waals surface area (Å²) >= 11 is 6.55. The zero-order valence-corrected chi connectivity index (χ0v) is 29.4. The molecule has 2 aromatic carbocycles. The molecule has 264 valence electrons. The standard InChI is InChI=1S/C34H33ClN8O7S/c1-19-28-31(43(42-19)51(47,48)22-10-6-5-7-11-22)37-17-26(39-28)24-15-27(30(40-29(24)35)41-32(44)45)49-18-21(38-33(46)50-34(2,3)4)14-20-16-36-25-13-9-8-12-23(20)25/h5-13,15-17,21,36H,14,18H2,1-4H3,(H,38,46)(H,40,41)(H,44,45)/t21-/m1/s1. The molecule has 0 unspecified atom stereocenters. The maximum atomic E-state index is 13.4. The second-order valence-corrected chi connectivity index (χ2v) is 14.6. The number of aryl methyl sites for hydroxylation is 1. The topological polar surface area (TPSA) is 203 Å². The Morgan fingerprint density at radius 2 is 1.80 bits per heavy atom. The van der Waals surface area contributed by atoms with Gasteiger partial charge >= 0.3 is 12.2 Å². The summed E-state index contributed by atoms with van der Waals surface area (Å²) in [4.78, 5) is 41.0. The lowest BCUT2D eigenvalue weighted by atomic mass is 10.1. The van der Waals surface area contributed by atoms with E-state index in [4.69, 9.17) is 21.1 Å². The van der Waals surface area contributed by atoms with Crippen molar-refractivity contribution in [2.75, 3.05) is 11.9 Å². The fourth-order valence-electron chi connectivity index (χ4n) is 5.32. The molecule has 51 heavy (non-hydrogen) atoms. The van der Waals surface area contributed by atoms with Gasteiger partial charge in [0.05, 0.1) is 28.5 Å². The number of nitrogens with one attached hydrogen (secondary N) is 3. The van der Waals surface area contributed by atoms with Gasteiger partial charge in [-0.05, 0) is 63.9 Å². The van der Waals surface area contributed by atoms with Gasteiger partial charge in [0.15, 0.2) is 17.2 Å². The highest BCUT2D eigenvalue weighted by Gasteiger charge is 2.26. The lowest BCUT2D eigenvalue weighted by Gasteiger charge is -2.24. The first kappa shape index (κ1) is 35.1. The van der Waals surface area contributed by atoms with E-state index in [1.165, 1.54) is 24.4 Å². The van der Waals surface area contributed by atoms with Crippen LogP contribution in [0.4, 0.5) is 15.4 Å². The van der Waals surface area contributed by atoms with Gasteiger partial charge in [-0.2, -0.15) is 13.5 Å². The average Bonchev–Trinajstić information content (AvgIpc) is 3.64. The van der Waals surface area contributed by atoms with Crippen LogP contribution in [0.3, 0.4) is 0 Å². The number of halogens is 1. The largest absolute Gasteiger partial charge is 0.488 e. The first-order valence-corrected chi connectivity index (χ1v) is 17.4. The molecule has 6 aromatic rings.